The van der Waals surface area contributed by atoms with E-state index in [1.54, 1.807) is 36.1 Å². The number of sulfone groups is 1. The van der Waals surface area contributed by atoms with Crippen molar-refractivity contribution in [1.29, 1.82) is 0 Å². The van der Waals surface area contributed by atoms with Crippen LogP contribution >= 0.6 is 0 Å². The monoisotopic (exact) mass is 383 g/mol. The molecule has 0 N–H and O–H groups in total. The highest BCUT2D eigenvalue weighted by atomic mass is 32.2. The maximum absolute atomic E-state index is 11.7. The van der Waals surface area contributed by atoms with Crippen LogP contribution in [-0.2, 0) is 9.84 Å². The SMILES string of the molecule is COc1ccc(C)cc1-c1nc(C2CC2)nn1-c1ccc(S(C)(=O)=O)cc1. The lowest BCUT2D eigenvalue weighted by molar-refractivity contribution is 0.416. The van der Waals surface area contributed by atoms with Gasteiger partial charge in [-0.05, 0) is 56.2 Å². The first-order valence-electron chi connectivity index (χ1n) is 8.79. The fourth-order valence-corrected chi connectivity index (χ4v) is 3.66. The van der Waals surface area contributed by atoms with Crippen molar-refractivity contribution < 1.29 is 13.2 Å². The number of rotatable bonds is 5. The van der Waals surface area contributed by atoms with Gasteiger partial charge in [-0.15, -0.1) is 0 Å². The molecule has 3 aromatic rings. The number of aromatic nitrogens is 3. The van der Waals surface area contributed by atoms with Crippen molar-refractivity contribution in [3.05, 3.63) is 53.9 Å². The zero-order chi connectivity index (χ0) is 19.2. The van der Waals surface area contributed by atoms with Crippen molar-refractivity contribution in [2.24, 2.45) is 0 Å². The summed E-state index contributed by atoms with van der Waals surface area (Å²) in [6.45, 7) is 2.02. The first-order chi connectivity index (χ1) is 12.9. The van der Waals surface area contributed by atoms with Gasteiger partial charge in [-0.2, -0.15) is 5.10 Å². The molecule has 1 aliphatic rings. The van der Waals surface area contributed by atoms with E-state index in [9.17, 15) is 8.42 Å². The molecule has 1 fully saturated rings. The van der Waals surface area contributed by atoms with Gasteiger partial charge in [0.1, 0.15) is 5.75 Å². The molecule has 0 saturated heterocycles. The van der Waals surface area contributed by atoms with Gasteiger partial charge in [0.05, 0.1) is 23.3 Å². The van der Waals surface area contributed by atoms with Gasteiger partial charge in [0.25, 0.3) is 0 Å². The first-order valence-corrected chi connectivity index (χ1v) is 10.7. The Morgan fingerprint density at radius 2 is 1.81 bits per heavy atom. The summed E-state index contributed by atoms with van der Waals surface area (Å²) in [5, 5.41) is 4.72. The maximum Gasteiger partial charge on any atom is 0.175 e. The van der Waals surface area contributed by atoms with E-state index in [0.717, 1.165) is 41.2 Å². The Balaban J connectivity index is 1.87. The van der Waals surface area contributed by atoms with Gasteiger partial charge in [0, 0.05) is 12.2 Å². The van der Waals surface area contributed by atoms with Crippen LogP contribution in [0, 0.1) is 6.92 Å². The summed E-state index contributed by atoms with van der Waals surface area (Å²) in [4.78, 5) is 5.07. The highest BCUT2D eigenvalue weighted by Gasteiger charge is 2.30. The first kappa shape index (κ1) is 17.7. The second kappa shape index (κ2) is 6.49. The summed E-state index contributed by atoms with van der Waals surface area (Å²) < 4.78 is 30.8. The number of ether oxygens (including phenoxy) is 1. The summed E-state index contributed by atoms with van der Waals surface area (Å²) in [7, 11) is -1.61. The molecule has 0 unspecified atom stereocenters. The molecule has 7 heteroatoms. The summed E-state index contributed by atoms with van der Waals surface area (Å²) >= 11 is 0. The lowest BCUT2D eigenvalue weighted by Gasteiger charge is -2.11. The standard InChI is InChI=1S/C20H21N3O3S/c1-13-4-11-18(26-2)17(12-13)20-21-19(14-5-6-14)22-23(20)15-7-9-16(10-8-15)27(3,24)25/h4,7-12,14H,5-6H2,1-3H3. The average molecular weight is 383 g/mol. The number of methoxy groups -OCH3 is 1. The maximum atomic E-state index is 11.7. The van der Waals surface area contributed by atoms with Crippen LogP contribution in [0.2, 0.25) is 0 Å². The van der Waals surface area contributed by atoms with E-state index < -0.39 is 9.84 Å². The van der Waals surface area contributed by atoms with Crippen LogP contribution in [0.5, 0.6) is 5.75 Å². The topological polar surface area (TPSA) is 74.1 Å². The highest BCUT2D eigenvalue weighted by molar-refractivity contribution is 7.90. The molecule has 27 heavy (non-hydrogen) atoms. The van der Waals surface area contributed by atoms with Crippen molar-refractivity contribution in [2.75, 3.05) is 13.4 Å². The van der Waals surface area contributed by atoms with Crippen molar-refractivity contribution in [3.8, 4) is 22.8 Å². The molecule has 0 aliphatic heterocycles. The summed E-state index contributed by atoms with van der Waals surface area (Å²) in [6, 6.07) is 12.7. The molecule has 1 aromatic heterocycles. The zero-order valence-electron chi connectivity index (χ0n) is 15.5. The van der Waals surface area contributed by atoms with E-state index in [2.05, 4.69) is 0 Å². The van der Waals surface area contributed by atoms with Gasteiger partial charge in [-0.25, -0.2) is 18.1 Å². The third-order valence-electron chi connectivity index (χ3n) is 4.67. The lowest BCUT2D eigenvalue weighted by Crippen LogP contribution is -2.03. The molecule has 140 valence electrons. The number of aryl methyl sites for hydroxylation is 1. The quantitative estimate of drug-likeness (QED) is 0.674. The Morgan fingerprint density at radius 1 is 1.11 bits per heavy atom. The Hall–Kier alpha value is -2.67. The Bertz CT molecular complexity index is 1100. The second-order valence-electron chi connectivity index (χ2n) is 6.95. The molecule has 4 rings (SSSR count). The minimum absolute atomic E-state index is 0.281. The predicted octanol–water partition coefficient (Wildman–Crippen LogP) is 3.53. The third-order valence-corrected chi connectivity index (χ3v) is 5.80. The minimum Gasteiger partial charge on any atom is -0.496 e. The molecule has 6 nitrogen and oxygen atoms in total. The Labute approximate surface area is 158 Å². The van der Waals surface area contributed by atoms with Gasteiger partial charge in [0.15, 0.2) is 21.5 Å². The molecule has 0 spiro atoms. The van der Waals surface area contributed by atoms with Crippen molar-refractivity contribution in [1.82, 2.24) is 14.8 Å². The molecule has 0 amide bonds. The predicted molar refractivity (Wildman–Crippen MR) is 103 cm³/mol. The van der Waals surface area contributed by atoms with E-state index in [4.69, 9.17) is 14.8 Å². The molecule has 1 saturated carbocycles. The molecule has 1 heterocycles. The number of hydrogen-bond donors (Lipinski definition) is 0. The summed E-state index contributed by atoms with van der Waals surface area (Å²) in [5.41, 5.74) is 2.73. The average Bonchev–Trinajstić information content (AvgIpc) is 3.40. The number of hydrogen-bond acceptors (Lipinski definition) is 5. The normalized spacial score (nSPS) is 14.3. The van der Waals surface area contributed by atoms with E-state index in [1.807, 2.05) is 25.1 Å². The van der Waals surface area contributed by atoms with Gasteiger partial charge in [-0.3, -0.25) is 0 Å². The Kier molecular flexibility index (Phi) is 4.26. The van der Waals surface area contributed by atoms with E-state index in [-0.39, 0.29) is 4.90 Å². The van der Waals surface area contributed by atoms with Crippen LogP contribution in [0.4, 0.5) is 0 Å². The van der Waals surface area contributed by atoms with Crippen LogP contribution in [-0.4, -0.2) is 36.5 Å². The third kappa shape index (κ3) is 3.47. The molecular formula is C20H21N3O3S. The zero-order valence-corrected chi connectivity index (χ0v) is 16.3. The van der Waals surface area contributed by atoms with Crippen LogP contribution in [0.3, 0.4) is 0 Å². The largest absolute Gasteiger partial charge is 0.496 e. The Morgan fingerprint density at radius 3 is 2.41 bits per heavy atom. The van der Waals surface area contributed by atoms with Crippen LogP contribution in [0.15, 0.2) is 47.4 Å². The second-order valence-corrected chi connectivity index (χ2v) is 8.97. The molecule has 0 radical (unpaired) electrons. The van der Waals surface area contributed by atoms with Crippen LogP contribution in [0.25, 0.3) is 17.1 Å². The fraction of sp³-hybridized carbons (Fsp3) is 0.300. The highest BCUT2D eigenvalue weighted by Crippen LogP contribution is 2.40. The van der Waals surface area contributed by atoms with Crippen molar-refractivity contribution in [3.63, 3.8) is 0 Å². The van der Waals surface area contributed by atoms with Crippen LogP contribution in [0.1, 0.15) is 30.1 Å². The van der Waals surface area contributed by atoms with Crippen molar-refractivity contribution >= 4 is 9.84 Å². The number of nitrogens with zero attached hydrogens (tertiary/aromatic N) is 3. The smallest absolute Gasteiger partial charge is 0.175 e. The van der Waals surface area contributed by atoms with Crippen LogP contribution < -0.4 is 4.74 Å². The summed E-state index contributed by atoms with van der Waals surface area (Å²) in [5.74, 6) is 2.64. The molecule has 1 aliphatic carbocycles. The molecule has 2 aromatic carbocycles. The van der Waals surface area contributed by atoms with Gasteiger partial charge in [0.2, 0.25) is 0 Å². The van der Waals surface area contributed by atoms with Gasteiger partial charge in [-0.1, -0.05) is 11.6 Å². The molecular weight excluding hydrogens is 362 g/mol. The molecule has 0 atom stereocenters. The van der Waals surface area contributed by atoms with E-state index >= 15 is 0 Å². The fourth-order valence-electron chi connectivity index (χ4n) is 3.03. The van der Waals surface area contributed by atoms with E-state index in [1.165, 1.54) is 6.26 Å². The summed E-state index contributed by atoms with van der Waals surface area (Å²) in [6.07, 6.45) is 3.40. The minimum atomic E-state index is -3.24. The number of benzene rings is 2. The van der Waals surface area contributed by atoms with E-state index in [0.29, 0.717) is 11.7 Å². The van der Waals surface area contributed by atoms with Crippen molar-refractivity contribution in [2.45, 2.75) is 30.6 Å². The van der Waals surface area contributed by atoms with Gasteiger partial charge < -0.3 is 4.74 Å². The van der Waals surface area contributed by atoms with Gasteiger partial charge >= 0.3 is 0 Å². The molecule has 0 bridgehead atoms. The lowest BCUT2D eigenvalue weighted by atomic mass is 10.1.